The number of hydrogen-bond acceptors (Lipinski definition) is 2. The number of alkyl halides is 2. The molecule has 0 saturated carbocycles. The fourth-order valence-corrected chi connectivity index (χ4v) is 2.04. The molecule has 0 atom stereocenters. The molecule has 0 spiro atoms. The second-order valence-corrected chi connectivity index (χ2v) is 4.61. The quantitative estimate of drug-likeness (QED) is 0.759. The molecule has 0 unspecified atom stereocenters. The molecular formula is C15H10ClF3O2. The molecular weight excluding hydrogens is 305 g/mol. The second kappa shape index (κ2) is 6.63. The molecule has 0 bridgehead atoms. The number of halogens is 4. The Morgan fingerprint density at radius 1 is 1.19 bits per heavy atom. The van der Waals surface area contributed by atoms with Crippen molar-refractivity contribution in [1.82, 2.24) is 0 Å². The zero-order chi connectivity index (χ0) is 15.4. The van der Waals surface area contributed by atoms with Gasteiger partial charge in [-0.1, -0.05) is 29.8 Å². The molecule has 0 aliphatic heterocycles. The Hall–Kier alpha value is -2.01. The van der Waals surface area contributed by atoms with Gasteiger partial charge in [-0.3, -0.25) is 4.79 Å². The summed E-state index contributed by atoms with van der Waals surface area (Å²) < 4.78 is 42.1. The van der Waals surface area contributed by atoms with Crippen molar-refractivity contribution in [2.24, 2.45) is 0 Å². The minimum atomic E-state index is -2.98. The van der Waals surface area contributed by atoms with Crippen LogP contribution in [-0.4, -0.2) is 12.4 Å². The maximum Gasteiger partial charge on any atom is 0.387 e. The molecule has 2 rings (SSSR count). The number of hydrogen-bond donors (Lipinski definition) is 0. The van der Waals surface area contributed by atoms with Crippen LogP contribution in [0, 0.1) is 5.82 Å². The zero-order valence-corrected chi connectivity index (χ0v) is 11.4. The van der Waals surface area contributed by atoms with E-state index in [1.165, 1.54) is 42.5 Å². The van der Waals surface area contributed by atoms with E-state index < -0.39 is 18.2 Å². The van der Waals surface area contributed by atoms with E-state index in [1.807, 2.05) is 0 Å². The van der Waals surface area contributed by atoms with Crippen molar-refractivity contribution in [1.29, 1.82) is 0 Å². The van der Waals surface area contributed by atoms with Crippen LogP contribution in [0.25, 0.3) is 0 Å². The highest BCUT2D eigenvalue weighted by Gasteiger charge is 2.14. The van der Waals surface area contributed by atoms with Crippen LogP contribution in [0.4, 0.5) is 13.2 Å². The molecule has 110 valence electrons. The number of rotatable bonds is 5. The van der Waals surface area contributed by atoms with Gasteiger partial charge in [0.25, 0.3) is 0 Å². The van der Waals surface area contributed by atoms with E-state index in [4.69, 9.17) is 11.6 Å². The van der Waals surface area contributed by atoms with Crippen molar-refractivity contribution in [3.63, 3.8) is 0 Å². The normalized spacial score (nSPS) is 10.7. The molecule has 0 amide bonds. The number of benzene rings is 2. The third-order valence-corrected chi connectivity index (χ3v) is 3.13. The highest BCUT2D eigenvalue weighted by molar-refractivity contribution is 6.31. The van der Waals surface area contributed by atoms with Gasteiger partial charge in [0, 0.05) is 22.6 Å². The first-order valence-corrected chi connectivity index (χ1v) is 6.36. The van der Waals surface area contributed by atoms with Gasteiger partial charge in [-0.2, -0.15) is 8.78 Å². The Morgan fingerprint density at radius 2 is 1.90 bits per heavy atom. The van der Waals surface area contributed by atoms with Crippen LogP contribution >= 0.6 is 11.6 Å². The lowest BCUT2D eigenvalue weighted by molar-refractivity contribution is -0.0498. The van der Waals surface area contributed by atoms with E-state index in [0.29, 0.717) is 0 Å². The number of carbonyl (C=O) groups excluding carboxylic acids is 1. The minimum absolute atomic E-state index is 0.0735. The maximum absolute atomic E-state index is 13.6. The summed E-state index contributed by atoms with van der Waals surface area (Å²) in [5, 5.41) is 0.142. The van der Waals surface area contributed by atoms with Gasteiger partial charge < -0.3 is 4.74 Å². The van der Waals surface area contributed by atoms with Gasteiger partial charge in [-0.25, -0.2) is 4.39 Å². The summed E-state index contributed by atoms with van der Waals surface area (Å²) in [5.41, 5.74) is 0.219. The average Bonchev–Trinajstić information content (AvgIpc) is 2.42. The molecule has 0 saturated heterocycles. The van der Waals surface area contributed by atoms with E-state index in [0.717, 1.165) is 0 Å². The van der Waals surface area contributed by atoms with Crippen molar-refractivity contribution in [3.05, 3.63) is 64.4 Å². The molecule has 2 nitrogen and oxygen atoms in total. The molecule has 2 aromatic rings. The predicted octanol–water partition coefficient (Wildman–Crippen LogP) is 4.51. The van der Waals surface area contributed by atoms with E-state index in [9.17, 15) is 18.0 Å². The number of carbonyl (C=O) groups is 1. The molecule has 0 aliphatic carbocycles. The summed E-state index contributed by atoms with van der Waals surface area (Å²) >= 11 is 5.85. The molecule has 0 fully saturated rings. The third kappa shape index (κ3) is 3.98. The lowest BCUT2D eigenvalue weighted by Crippen LogP contribution is -2.07. The van der Waals surface area contributed by atoms with Crippen molar-refractivity contribution in [2.45, 2.75) is 13.0 Å². The van der Waals surface area contributed by atoms with Crippen molar-refractivity contribution >= 4 is 17.4 Å². The minimum Gasteiger partial charge on any atom is -0.435 e. The van der Waals surface area contributed by atoms with Crippen LogP contribution in [0.2, 0.25) is 5.02 Å². The average molecular weight is 315 g/mol. The summed E-state index contributed by atoms with van der Waals surface area (Å²) in [6.45, 7) is -2.98. The summed E-state index contributed by atoms with van der Waals surface area (Å²) in [6.07, 6.45) is -0.260. The Morgan fingerprint density at radius 3 is 2.57 bits per heavy atom. The standard InChI is InChI=1S/C15H10ClF3O2/c16-12-5-2-6-13(17)11(12)8-14(20)9-3-1-4-10(7-9)21-15(18)19/h1-7,15H,8H2. The van der Waals surface area contributed by atoms with Crippen LogP contribution in [-0.2, 0) is 6.42 Å². The Bertz CT molecular complexity index is 639. The van der Waals surface area contributed by atoms with Crippen LogP contribution < -0.4 is 4.74 Å². The van der Waals surface area contributed by atoms with Gasteiger partial charge in [-0.15, -0.1) is 0 Å². The first-order valence-electron chi connectivity index (χ1n) is 5.98. The number of ketones is 1. The van der Waals surface area contributed by atoms with Gasteiger partial charge in [0.1, 0.15) is 11.6 Å². The van der Waals surface area contributed by atoms with Crippen molar-refractivity contribution in [3.8, 4) is 5.75 Å². The van der Waals surface area contributed by atoms with E-state index >= 15 is 0 Å². The van der Waals surface area contributed by atoms with Crippen LogP contribution in [0.3, 0.4) is 0 Å². The molecule has 0 aromatic heterocycles. The summed E-state index contributed by atoms with van der Waals surface area (Å²) in [6, 6.07) is 9.45. The largest absolute Gasteiger partial charge is 0.435 e. The number of ether oxygens (including phenoxy) is 1. The molecule has 6 heteroatoms. The lowest BCUT2D eigenvalue weighted by atomic mass is 10.0. The molecule has 0 radical (unpaired) electrons. The third-order valence-electron chi connectivity index (χ3n) is 2.78. The van der Waals surface area contributed by atoms with Crippen molar-refractivity contribution < 1.29 is 22.7 Å². The van der Waals surface area contributed by atoms with Crippen molar-refractivity contribution in [2.75, 3.05) is 0 Å². The summed E-state index contributed by atoms with van der Waals surface area (Å²) in [7, 11) is 0. The first kappa shape index (κ1) is 15.4. The summed E-state index contributed by atoms with van der Waals surface area (Å²) in [5.74, 6) is -1.16. The SMILES string of the molecule is O=C(Cc1c(F)cccc1Cl)c1cccc(OC(F)F)c1. The van der Waals surface area contributed by atoms with Gasteiger partial charge in [0.15, 0.2) is 5.78 Å². The summed E-state index contributed by atoms with van der Waals surface area (Å²) in [4.78, 5) is 12.1. The number of Topliss-reactive ketones (excluding diaryl/α,β-unsaturated/α-hetero) is 1. The van der Waals surface area contributed by atoms with E-state index in [-0.39, 0.29) is 28.3 Å². The predicted molar refractivity (Wildman–Crippen MR) is 72.5 cm³/mol. The monoisotopic (exact) mass is 314 g/mol. The maximum atomic E-state index is 13.6. The Labute approximate surface area is 124 Å². The highest BCUT2D eigenvalue weighted by atomic mass is 35.5. The fraction of sp³-hybridized carbons (Fsp3) is 0.133. The first-order chi connectivity index (χ1) is 9.97. The van der Waals surface area contributed by atoms with Gasteiger partial charge in [0.2, 0.25) is 0 Å². The van der Waals surface area contributed by atoms with E-state index in [1.54, 1.807) is 0 Å². The molecule has 0 aliphatic rings. The molecule has 21 heavy (non-hydrogen) atoms. The molecule has 0 N–H and O–H groups in total. The van der Waals surface area contributed by atoms with Gasteiger partial charge >= 0.3 is 6.61 Å². The second-order valence-electron chi connectivity index (χ2n) is 4.21. The van der Waals surface area contributed by atoms with Crippen LogP contribution in [0.1, 0.15) is 15.9 Å². The Kier molecular flexibility index (Phi) is 4.85. The topological polar surface area (TPSA) is 26.3 Å². The van der Waals surface area contributed by atoms with Crippen LogP contribution in [0.15, 0.2) is 42.5 Å². The zero-order valence-electron chi connectivity index (χ0n) is 10.7. The lowest BCUT2D eigenvalue weighted by Gasteiger charge is -2.08. The van der Waals surface area contributed by atoms with Crippen LogP contribution in [0.5, 0.6) is 5.75 Å². The van der Waals surface area contributed by atoms with E-state index in [2.05, 4.69) is 4.74 Å². The Balaban J connectivity index is 2.21. The molecule has 0 heterocycles. The van der Waals surface area contributed by atoms with Gasteiger partial charge in [-0.05, 0) is 24.3 Å². The highest BCUT2D eigenvalue weighted by Crippen LogP contribution is 2.22. The van der Waals surface area contributed by atoms with Gasteiger partial charge in [0.05, 0.1) is 0 Å². The molecule has 2 aromatic carbocycles. The fourth-order valence-electron chi connectivity index (χ4n) is 1.81. The smallest absolute Gasteiger partial charge is 0.387 e.